The molecule has 0 fully saturated rings. The van der Waals surface area contributed by atoms with Gasteiger partial charge >= 0.3 is 0 Å². The summed E-state index contributed by atoms with van der Waals surface area (Å²) in [5.74, 6) is 0. The van der Waals surface area contributed by atoms with Crippen molar-refractivity contribution in [3.63, 3.8) is 0 Å². The zero-order valence-electron chi connectivity index (χ0n) is 27.7. The molecule has 45 heavy (non-hydrogen) atoms. The molecule has 0 bridgehead atoms. The van der Waals surface area contributed by atoms with Gasteiger partial charge < -0.3 is 15.5 Å². The number of nitrogens with zero attached hydrogens (tertiary/aromatic N) is 1. The lowest BCUT2D eigenvalue weighted by Gasteiger charge is -2.27. The van der Waals surface area contributed by atoms with E-state index < -0.39 is 0 Å². The van der Waals surface area contributed by atoms with E-state index in [1.807, 2.05) is 0 Å². The molecule has 0 aromatic heterocycles. The summed E-state index contributed by atoms with van der Waals surface area (Å²) in [4.78, 5) is 2.32. The van der Waals surface area contributed by atoms with Gasteiger partial charge in [-0.3, -0.25) is 0 Å². The zero-order chi connectivity index (χ0) is 31.6. The van der Waals surface area contributed by atoms with Crippen molar-refractivity contribution in [2.45, 2.75) is 78.6 Å². The third-order valence-corrected chi connectivity index (χ3v) is 8.37. The van der Waals surface area contributed by atoms with E-state index >= 15 is 0 Å². The van der Waals surface area contributed by atoms with E-state index in [9.17, 15) is 0 Å². The first kappa shape index (κ1) is 31.9. The van der Waals surface area contributed by atoms with Crippen LogP contribution in [0.1, 0.15) is 77.0 Å². The van der Waals surface area contributed by atoms with Crippen molar-refractivity contribution in [3.05, 3.63) is 138 Å². The Morgan fingerprint density at radius 3 is 1.07 bits per heavy atom. The van der Waals surface area contributed by atoms with Gasteiger partial charge in [0.1, 0.15) is 0 Å². The highest BCUT2D eigenvalue weighted by Gasteiger charge is 2.16. The Kier molecular flexibility index (Phi) is 10.6. The topological polar surface area (TPSA) is 27.3 Å². The Morgan fingerprint density at radius 2 is 0.756 bits per heavy atom. The van der Waals surface area contributed by atoms with Crippen molar-refractivity contribution in [1.82, 2.24) is 0 Å². The molecule has 232 valence electrons. The van der Waals surface area contributed by atoms with Crippen LogP contribution in [0.15, 0.2) is 121 Å². The van der Waals surface area contributed by atoms with Gasteiger partial charge in [0.25, 0.3) is 0 Å². The molecule has 2 N–H and O–H groups in total. The highest BCUT2D eigenvalue weighted by molar-refractivity contribution is 5.79. The molecule has 5 aromatic rings. The van der Waals surface area contributed by atoms with Gasteiger partial charge in [0.2, 0.25) is 0 Å². The van der Waals surface area contributed by atoms with Gasteiger partial charge in [-0.15, -0.1) is 0 Å². The molecule has 0 atom stereocenters. The fourth-order valence-electron chi connectivity index (χ4n) is 5.55. The second-order valence-corrected chi connectivity index (χ2v) is 13.1. The van der Waals surface area contributed by atoms with Gasteiger partial charge in [-0.2, -0.15) is 0 Å². The van der Waals surface area contributed by atoms with Gasteiger partial charge in [-0.1, -0.05) is 83.9 Å². The summed E-state index contributed by atoms with van der Waals surface area (Å²) in [5.41, 5.74) is 11.9. The van der Waals surface area contributed by atoms with E-state index in [1.165, 1.54) is 42.4 Å². The lowest BCUT2D eigenvalue weighted by atomic mass is 9.87. The average Bonchev–Trinajstić information content (AvgIpc) is 3.06. The molecular weight excluding hydrogens is 546 g/mol. The second-order valence-electron chi connectivity index (χ2n) is 13.1. The minimum absolute atomic E-state index is 0.104. The number of aryl methyl sites for hydroxylation is 2. The maximum absolute atomic E-state index is 3.57. The van der Waals surface area contributed by atoms with Crippen molar-refractivity contribution in [3.8, 4) is 0 Å². The standard InChI is InChI=1S/C42H49N3/c1-6-8-10-32-12-18-35(19-13-32)43-37-22-28-40(29-23-37)45(39-26-16-34(17-27-39)42(3,4)5)41-30-24-38(25-31-41)44-36-20-14-33(15-21-36)11-9-7-2/h12-31,43-44H,6-11H2,1-5H3. The molecule has 0 saturated carbocycles. The van der Waals surface area contributed by atoms with Crippen molar-refractivity contribution < 1.29 is 0 Å². The number of unbranched alkanes of at least 4 members (excludes halogenated alkanes) is 2. The maximum atomic E-state index is 3.57. The van der Waals surface area contributed by atoms with Crippen LogP contribution >= 0.6 is 0 Å². The summed E-state index contributed by atoms with van der Waals surface area (Å²) < 4.78 is 0. The first-order valence-electron chi connectivity index (χ1n) is 16.6. The van der Waals surface area contributed by atoms with E-state index in [4.69, 9.17) is 0 Å². The van der Waals surface area contributed by atoms with Gasteiger partial charge in [-0.25, -0.2) is 0 Å². The van der Waals surface area contributed by atoms with Crippen LogP contribution in [-0.2, 0) is 18.3 Å². The van der Waals surface area contributed by atoms with E-state index in [0.717, 1.165) is 52.7 Å². The molecular formula is C42H49N3. The summed E-state index contributed by atoms with van der Waals surface area (Å²) in [6, 6.07) is 44.1. The molecule has 0 aliphatic rings. The second kappa shape index (κ2) is 15.0. The Hall–Kier alpha value is -4.50. The molecule has 0 heterocycles. The van der Waals surface area contributed by atoms with Crippen molar-refractivity contribution in [1.29, 1.82) is 0 Å². The van der Waals surface area contributed by atoms with Gasteiger partial charge in [0.05, 0.1) is 0 Å². The minimum Gasteiger partial charge on any atom is -0.356 e. The highest BCUT2D eigenvalue weighted by atomic mass is 15.1. The molecule has 0 spiro atoms. The highest BCUT2D eigenvalue weighted by Crippen LogP contribution is 2.37. The van der Waals surface area contributed by atoms with Crippen LogP contribution in [0.3, 0.4) is 0 Å². The number of nitrogens with one attached hydrogen (secondary N) is 2. The predicted molar refractivity (Wildman–Crippen MR) is 196 cm³/mol. The summed E-state index contributed by atoms with van der Waals surface area (Å²) >= 11 is 0. The Bertz CT molecular complexity index is 1500. The first-order valence-corrected chi connectivity index (χ1v) is 16.6. The zero-order valence-corrected chi connectivity index (χ0v) is 27.7. The quantitative estimate of drug-likeness (QED) is 0.142. The molecule has 0 aliphatic carbocycles. The third kappa shape index (κ3) is 8.79. The minimum atomic E-state index is 0.104. The average molecular weight is 596 g/mol. The number of anilines is 7. The van der Waals surface area contributed by atoms with Gasteiger partial charge in [-0.05, 0) is 133 Å². The summed E-state index contributed by atoms with van der Waals surface area (Å²) in [5, 5.41) is 7.15. The Labute approximate surface area is 271 Å². The molecule has 3 nitrogen and oxygen atoms in total. The summed E-state index contributed by atoms with van der Waals surface area (Å²) in [6.07, 6.45) is 7.19. The van der Waals surface area contributed by atoms with Gasteiger partial charge in [0.15, 0.2) is 0 Å². The smallest absolute Gasteiger partial charge is 0.0463 e. The van der Waals surface area contributed by atoms with Crippen LogP contribution in [0.5, 0.6) is 0 Å². The summed E-state index contributed by atoms with van der Waals surface area (Å²) in [6.45, 7) is 11.3. The third-order valence-electron chi connectivity index (χ3n) is 8.37. The molecule has 0 saturated heterocycles. The lowest BCUT2D eigenvalue weighted by Crippen LogP contribution is -2.13. The van der Waals surface area contributed by atoms with Gasteiger partial charge in [0, 0.05) is 39.8 Å². The van der Waals surface area contributed by atoms with Crippen molar-refractivity contribution in [2.24, 2.45) is 0 Å². The van der Waals surface area contributed by atoms with Crippen molar-refractivity contribution >= 4 is 39.8 Å². The lowest BCUT2D eigenvalue weighted by molar-refractivity contribution is 0.590. The predicted octanol–water partition coefficient (Wildman–Crippen LogP) is 12.6. The molecule has 0 aliphatic heterocycles. The number of hydrogen-bond donors (Lipinski definition) is 2. The monoisotopic (exact) mass is 595 g/mol. The fourth-order valence-corrected chi connectivity index (χ4v) is 5.55. The normalized spacial score (nSPS) is 11.3. The SMILES string of the molecule is CCCCc1ccc(Nc2ccc(N(c3ccc(Nc4ccc(CCCC)cc4)cc3)c3ccc(C(C)(C)C)cc3)cc2)cc1. The summed E-state index contributed by atoms with van der Waals surface area (Å²) in [7, 11) is 0. The van der Waals surface area contributed by atoms with Crippen molar-refractivity contribution in [2.75, 3.05) is 15.5 Å². The van der Waals surface area contributed by atoms with E-state index in [-0.39, 0.29) is 5.41 Å². The van der Waals surface area contributed by atoms with Crippen LogP contribution in [0.2, 0.25) is 0 Å². The largest absolute Gasteiger partial charge is 0.356 e. The number of benzene rings is 5. The number of hydrogen-bond acceptors (Lipinski definition) is 3. The van der Waals surface area contributed by atoms with Crippen LogP contribution in [-0.4, -0.2) is 0 Å². The van der Waals surface area contributed by atoms with E-state index in [1.54, 1.807) is 0 Å². The van der Waals surface area contributed by atoms with E-state index in [0.29, 0.717) is 0 Å². The Balaban J connectivity index is 1.36. The van der Waals surface area contributed by atoms with Crippen LogP contribution in [0.4, 0.5) is 39.8 Å². The molecule has 0 radical (unpaired) electrons. The first-order chi connectivity index (χ1) is 21.8. The van der Waals surface area contributed by atoms with Crippen LogP contribution in [0.25, 0.3) is 0 Å². The molecule has 3 heteroatoms. The van der Waals surface area contributed by atoms with Crippen LogP contribution < -0.4 is 15.5 Å². The molecule has 0 unspecified atom stereocenters. The number of rotatable bonds is 13. The maximum Gasteiger partial charge on any atom is 0.0463 e. The fraction of sp³-hybridized carbons (Fsp3) is 0.286. The van der Waals surface area contributed by atoms with Crippen LogP contribution in [0, 0.1) is 0 Å². The molecule has 0 amide bonds. The molecule has 5 rings (SSSR count). The Morgan fingerprint density at radius 1 is 0.444 bits per heavy atom. The van der Waals surface area contributed by atoms with E-state index in [2.05, 4.69) is 171 Å². The molecule has 5 aromatic carbocycles.